The lowest BCUT2D eigenvalue weighted by Gasteiger charge is -2.31. The van der Waals surface area contributed by atoms with E-state index in [9.17, 15) is 9.59 Å². The van der Waals surface area contributed by atoms with Crippen LogP contribution in [-0.4, -0.2) is 66.0 Å². The Bertz CT molecular complexity index is 637. The molecule has 24 heavy (non-hydrogen) atoms. The van der Waals surface area contributed by atoms with Crippen molar-refractivity contribution in [2.45, 2.75) is 25.8 Å². The molecular formula is C16H22N4O3S. The van der Waals surface area contributed by atoms with Crippen LogP contribution in [-0.2, 0) is 27.3 Å². The standard InChI is InChI=1S/C16H22N4O3S/c21-14(20-5-7-23-8-6-20)10-19-4-3-12-13(9-19)24-16(17-12)18-15(22)11-1-2-11/h11H,1-10H2,(H,17,18,22). The summed E-state index contributed by atoms with van der Waals surface area (Å²) in [4.78, 5) is 34.0. The highest BCUT2D eigenvalue weighted by Crippen LogP contribution is 2.32. The van der Waals surface area contributed by atoms with Crippen LogP contribution in [0.3, 0.4) is 0 Å². The Morgan fingerprint density at radius 1 is 1.25 bits per heavy atom. The lowest BCUT2D eigenvalue weighted by molar-refractivity contribution is -0.136. The second-order valence-corrected chi connectivity index (χ2v) is 7.69. The van der Waals surface area contributed by atoms with E-state index in [0.29, 0.717) is 38.0 Å². The highest BCUT2D eigenvalue weighted by atomic mass is 32.1. The molecule has 1 N–H and O–H groups in total. The molecule has 2 fully saturated rings. The molecule has 7 nitrogen and oxygen atoms in total. The number of ether oxygens (including phenoxy) is 1. The van der Waals surface area contributed by atoms with E-state index in [-0.39, 0.29) is 17.7 Å². The van der Waals surface area contributed by atoms with Gasteiger partial charge in [0.1, 0.15) is 0 Å². The molecule has 3 heterocycles. The monoisotopic (exact) mass is 350 g/mol. The van der Waals surface area contributed by atoms with Crippen molar-refractivity contribution >= 4 is 28.3 Å². The maximum atomic E-state index is 12.4. The van der Waals surface area contributed by atoms with Crippen LogP contribution in [0.15, 0.2) is 0 Å². The molecule has 1 aliphatic carbocycles. The molecule has 2 amide bonds. The fourth-order valence-electron chi connectivity index (χ4n) is 3.09. The van der Waals surface area contributed by atoms with Gasteiger partial charge in [-0.3, -0.25) is 14.5 Å². The van der Waals surface area contributed by atoms with E-state index in [4.69, 9.17) is 4.74 Å². The molecule has 1 saturated carbocycles. The number of rotatable bonds is 4. The van der Waals surface area contributed by atoms with Crippen molar-refractivity contribution in [2.24, 2.45) is 5.92 Å². The van der Waals surface area contributed by atoms with Crippen molar-refractivity contribution in [3.8, 4) is 0 Å². The van der Waals surface area contributed by atoms with Crippen molar-refractivity contribution in [3.05, 3.63) is 10.6 Å². The van der Waals surface area contributed by atoms with Gasteiger partial charge in [0.05, 0.1) is 25.5 Å². The van der Waals surface area contributed by atoms with E-state index < -0.39 is 0 Å². The van der Waals surface area contributed by atoms with Gasteiger partial charge in [-0.2, -0.15) is 0 Å². The van der Waals surface area contributed by atoms with Crippen molar-refractivity contribution in [1.82, 2.24) is 14.8 Å². The van der Waals surface area contributed by atoms with Gasteiger partial charge in [-0.15, -0.1) is 11.3 Å². The summed E-state index contributed by atoms with van der Waals surface area (Å²) in [5.41, 5.74) is 1.07. The van der Waals surface area contributed by atoms with Crippen molar-refractivity contribution in [1.29, 1.82) is 0 Å². The molecule has 0 bridgehead atoms. The molecule has 0 atom stereocenters. The molecule has 1 aromatic rings. The van der Waals surface area contributed by atoms with Crippen molar-refractivity contribution in [2.75, 3.05) is 44.7 Å². The van der Waals surface area contributed by atoms with E-state index in [1.54, 1.807) is 11.3 Å². The maximum absolute atomic E-state index is 12.4. The minimum Gasteiger partial charge on any atom is -0.378 e. The van der Waals surface area contributed by atoms with Gasteiger partial charge in [0.15, 0.2) is 5.13 Å². The lowest BCUT2D eigenvalue weighted by atomic mass is 10.2. The minimum absolute atomic E-state index is 0.0976. The molecule has 0 radical (unpaired) electrons. The van der Waals surface area contributed by atoms with Crippen LogP contribution < -0.4 is 5.32 Å². The van der Waals surface area contributed by atoms with Gasteiger partial charge >= 0.3 is 0 Å². The Hall–Kier alpha value is -1.51. The number of nitrogens with one attached hydrogen (secondary N) is 1. The van der Waals surface area contributed by atoms with Crippen molar-refractivity contribution in [3.63, 3.8) is 0 Å². The largest absolute Gasteiger partial charge is 0.378 e. The number of anilines is 1. The first-order chi connectivity index (χ1) is 11.7. The number of thiazole rings is 1. The molecule has 1 aromatic heterocycles. The highest BCUT2D eigenvalue weighted by Gasteiger charge is 2.31. The summed E-state index contributed by atoms with van der Waals surface area (Å²) in [6, 6.07) is 0. The number of morpholine rings is 1. The third-order valence-corrected chi connectivity index (χ3v) is 5.71. The average Bonchev–Trinajstić information content (AvgIpc) is 3.37. The van der Waals surface area contributed by atoms with E-state index in [1.165, 1.54) is 4.88 Å². The zero-order valence-corrected chi connectivity index (χ0v) is 14.4. The second kappa shape index (κ2) is 6.78. The summed E-state index contributed by atoms with van der Waals surface area (Å²) < 4.78 is 5.29. The SMILES string of the molecule is O=C(Nc1nc2c(s1)CN(CC(=O)N1CCOCC1)CC2)C1CC1. The number of amides is 2. The normalized spacial score (nSPS) is 21.4. The Kier molecular flexibility index (Phi) is 4.51. The van der Waals surface area contributed by atoms with E-state index in [2.05, 4.69) is 15.2 Å². The molecule has 0 aromatic carbocycles. The zero-order chi connectivity index (χ0) is 16.5. The van der Waals surface area contributed by atoms with Crippen molar-refractivity contribution < 1.29 is 14.3 Å². The predicted molar refractivity (Wildman–Crippen MR) is 89.8 cm³/mol. The summed E-state index contributed by atoms with van der Waals surface area (Å²) in [7, 11) is 0. The first kappa shape index (κ1) is 16.0. The van der Waals surface area contributed by atoms with Gasteiger partial charge in [-0.25, -0.2) is 4.98 Å². The molecule has 1 saturated heterocycles. The summed E-state index contributed by atoms with van der Waals surface area (Å²) >= 11 is 1.55. The summed E-state index contributed by atoms with van der Waals surface area (Å²) in [6.45, 7) is 4.67. The number of carbonyl (C=O) groups is 2. The molecule has 130 valence electrons. The summed E-state index contributed by atoms with van der Waals surface area (Å²) in [6.07, 6.45) is 2.82. The topological polar surface area (TPSA) is 74.8 Å². The van der Waals surface area contributed by atoms with Gasteiger partial charge in [0.2, 0.25) is 11.8 Å². The Balaban J connectivity index is 1.34. The number of hydrogen-bond acceptors (Lipinski definition) is 6. The molecule has 3 aliphatic rings. The third-order valence-electron chi connectivity index (χ3n) is 4.71. The highest BCUT2D eigenvalue weighted by molar-refractivity contribution is 7.15. The molecular weight excluding hydrogens is 328 g/mol. The Morgan fingerprint density at radius 3 is 2.79 bits per heavy atom. The van der Waals surface area contributed by atoms with Crippen LogP contribution in [0.5, 0.6) is 0 Å². The van der Waals surface area contributed by atoms with Crippen LogP contribution in [0.2, 0.25) is 0 Å². The Morgan fingerprint density at radius 2 is 2.04 bits per heavy atom. The van der Waals surface area contributed by atoms with Gasteiger partial charge < -0.3 is 15.0 Å². The van der Waals surface area contributed by atoms with Gasteiger partial charge in [0.25, 0.3) is 0 Å². The van der Waals surface area contributed by atoms with E-state index in [0.717, 1.165) is 38.0 Å². The molecule has 8 heteroatoms. The number of hydrogen-bond donors (Lipinski definition) is 1. The van der Waals surface area contributed by atoms with Crippen LogP contribution in [0.25, 0.3) is 0 Å². The molecule has 0 unspecified atom stereocenters. The Labute approximate surface area is 145 Å². The lowest BCUT2D eigenvalue weighted by Crippen LogP contribution is -2.46. The van der Waals surface area contributed by atoms with Crippen LogP contribution in [0.4, 0.5) is 5.13 Å². The number of carbonyl (C=O) groups excluding carboxylic acids is 2. The van der Waals surface area contributed by atoms with Gasteiger partial charge in [-0.05, 0) is 12.8 Å². The minimum atomic E-state index is 0.0976. The summed E-state index contributed by atoms with van der Waals surface area (Å²) in [5, 5.41) is 3.64. The second-order valence-electron chi connectivity index (χ2n) is 6.61. The average molecular weight is 350 g/mol. The van der Waals surface area contributed by atoms with E-state index >= 15 is 0 Å². The first-order valence-corrected chi connectivity index (χ1v) is 9.38. The van der Waals surface area contributed by atoms with Crippen LogP contribution in [0, 0.1) is 5.92 Å². The summed E-state index contributed by atoms with van der Waals surface area (Å²) in [5.74, 6) is 0.461. The quantitative estimate of drug-likeness (QED) is 0.866. The molecule has 4 rings (SSSR count). The van der Waals surface area contributed by atoms with Gasteiger partial charge in [0, 0.05) is 43.4 Å². The van der Waals surface area contributed by atoms with E-state index in [1.807, 2.05) is 4.90 Å². The van der Waals surface area contributed by atoms with Crippen LogP contribution in [0.1, 0.15) is 23.4 Å². The fourth-order valence-corrected chi connectivity index (χ4v) is 4.15. The number of aromatic nitrogens is 1. The first-order valence-electron chi connectivity index (χ1n) is 8.56. The molecule has 2 aliphatic heterocycles. The third kappa shape index (κ3) is 3.60. The molecule has 0 spiro atoms. The fraction of sp³-hybridized carbons (Fsp3) is 0.688. The predicted octanol–water partition coefficient (Wildman–Crippen LogP) is 0.708. The smallest absolute Gasteiger partial charge is 0.236 e. The zero-order valence-electron chi connectivity index (χ0n) is 13.6. The van der Waals surface area contributed by atoms with Gasteiger partial charge in [-0.1, -0.05) is 0 Å². The number of fused-ring (bicyclic) bond motifs is 1. The maximum Gasteiger partial charge on any atom is 0.236 e. The number of nitrogens with zero attached hydrogens (tertiary/aromatic N) is 3. The van der Waals surface area contributed by atoms with Crippen LogP contribution >= 0.6 is 11.3 Å².